The van der Waals surface area contributed by atoms with Gasteiger partial charge in [-0.2, -0.15) is 0 Å². The maximum absolute atomic E-state index is 14.7. The summed E-state index contributed by atoms with van der Waals surface area (Å²) >= 11 is 0. The second kappa shape index (κ2) is 13.6. The van der Waals surface area contributed by atoms with Gasteiger partial charge in [0, 0.05) is 5.56 Å². The van der Waals surface area contributed by atoms with E-state index in [1.807, 2.05) is 60.7 Å². The van der Waals surface area contributed by atoms with Crippen LogP contribution in [0.5, 0.6) is 0 Å². The van der Waals surface area contributed by atoms with Crippen LogP contribution in [-0.2, 0) is 20.9 Å². The number of allylic oxidation sites excluding steroid dienone is 1. The molecule has 4 aromatic carbocycles. The summed E-state index contributed by atoms with van der Waals surface area (Å²) in [5, 5.41) is 3.13. The summed E-state index contributed by atoms with van der Waals surface area (Å²) < 4.78 is 0. The molecule has 6 rings (SSSR count). The number of aryl methyl sites for hydroxylation is 1. The van der Waals surface area contributed by atoms with Gasteiger partial charge < -0.3 is 16.0 Å². The first-order valence-electron chi connectivity index (χ1n) is 16.2. The van der Waals surface area contributed by atoms with E-state index >= 15 is 0 Å². The molecule has 1 unspecified atom stereocenters. The van der Waals surface area contributed by atoms with Gasteiger partial charge in [-0.05, 0) is 65.6 Å². The van der Waals surface area contributed by atoms with E-state index in [1.165, 1.54) is 5.56 Å². The van der Waals surface area contributed by atoms with Crippen LogP contribution in [-0.4, -0.2) is 17.7 Å². The zero-order valence-corrected chi connectivity index (χ0v) is 26.3. The SMILES string of the molecule is C=CC[C@H](C(N)=O)[C@@H](CC1CCC1)C(=O)NC1C(=O)N(Cc2cccc(-c3ccc(C)cc3)c2)c2ccccc2-c2ccccc21. The predicted molar refractivity (Wildman–Crippen MR) is 184 cm³/mol. The van der Waals surface area contributed by atoms with Crippen LogP contribution in [0.2, 0.25) is 0 Å². The molecule has 4 aromatic rings. The number of primary amides is 1. The van der Waals surface area contributed by atoms with E-state index in [0.29, 0.717) is 25.3 Å². The topological polar surface area (TPSA) is 92.5 Å². The number of carbonyl (C=O) groups is 3. The first-order chi connectivity index (χ1) is 22.3. The van der Waals surface area contributed by atoms with Crippen LogP contribution < -0.4 is 16.0 Å². The molecule has 1 aliphatic carbocycles. The number of nitrogens with zero attached hydrogens (tertiary/aromatic N) is 1. The molecule has 0 spiro atoms. The monoisotopic (exact) mass is 611 g/mol. The summed E-state index contributed by atoms with van der Waals surface area (Å²) in [6.07, 6.45) is 5.69. The average Bonchev–Trinajstić information content (AvgIpc) is 3.13. The van der Waals surface area contributed by atoms with Gasteiger partial charge in [0.05, 0.1) is 24.1 Å². The number of rotatable bonds is 11. The van der Waals surface area contributed by atoms with Crippen LogP contribution >= 0.6 is 0 Å². The van der Waals surface area contributed by atoms with Crippen molar-refractivity contribution in [3.8, 4) is 22.3 Å². The highest BCUT2D eigenvalue weighted by Crippen LogP contribution is 2.42. The van der Waals surface area contributed by atoms with E-state index in [0.717, 1.165) is 58.3 Å². The van der Waals surface area contributed by atoms with Gasteiger partial charge in [0.15, 0.2) is 0 Å². The summed E-state index contributed by atoms with van der Waals surface area (Å²) in [6.45, 7) is 6.20. The van der Waals surface area contributed by atoms with Crippen LogP contribution in [0.15, 0.2) is 110 Å². The van der Waals surface area contributed by atoms with Crippen LogP contribution in [0.25, 0.3) is 22.3 Å². The molecule has 0 bridgehead atoms. The molecule has 234 valence electrons. The molecule has 1 aliphatic heterocycles. The summed E-state index contributed by atoms with van der Waals surface area (Å²) in [5.41, 5.74) is 13.5. The number of nitrogens with one attached hydrogen (secondary N) is 1. The lowest BCUT2D eigenvalue weighted by Crippen LogP contribution is -2.47. The highest BCUT2D eigenvalue weighted by Gasteiger charge is 2.40. The highest BCUT2D eigenvalue weighted by atomic mass is 16.2. The predicted octanol–water partition coefficient (Wildman–Crippen LogP) is 7.52. The average molecular weight is 612 g/mol. The molecule has 3 amide bonds. The fraction of sp³-hybridized carbons (Fsp3) is 0.275. The molecule has 0 saturated heterocycles. The van der Waals surface area contributed by atoms with Gasteiger partial charge in [0.25, 0.3) is 5.91 Å². The van der Waals surface area contributed by atoms with E-state index in [9.17, 15) is 14.4 Å². The van der Waals surface area contributed by atoms with Gasteiger partial charge in [-0.1, -0.05) is 116 Å². The molecule has 0 aromatic heterocycles. The Morgan fingerprint density at radius 2 is 1.63 bits per heavy atom. The molecule has 3 N–H and O–H groups in total. The van der Waals surface area contributed by atoms with Crippen LogP contribution in [0.3, 0.4) is 0 Å². The molecule has 1 heterocycles. The summed E-state index contributed by atoms with van der Waals surface area (Å²) in [4.78, 5) is 43.3. The van der Waals surface area contributed by atoms with Gasteiger partial charge in [-0.25, -0.2) is 0 Å². The summed E-state index contributed by atoms with van der Waals surface area (Å²) in [6, 6.07) is 31.3. The van der Waals surface area contributed by atoms with Gasteiger partial charge in [-0.3, -0.25) is 14.4 Å². The van der Waals surface area contributed by atoms with Crippen molar-refractivity contribution in [3.05, 3.63) is 126 Å². The normalized spacial score (nSPS) is 17.1. The largest absolute Gasteiger partial charge is 0.369 e. The van der Waals surface area contributed by atoms with Gasteiger partial charge in [0.2, 0.25) is 11.8 Å². The van der Waals surface area contributed by atoms with Crippen molar-refractivity contribution in [2.24, 2.45) is 23.5 Å². The molecular formula is C40H41N3O3. The number of nitrogens with two attached hydrogens (primary N) is 1. The molecule has 46 heavy (non-hydrogen) atoms. The molecular weight excluding hydrogens is 570 g/mol. The van der Waals surface area contributed by atoms with E-state index in [4.69, 9.17) is 5.73 Å². The molecule has 2 aliphatic rings. The van der Waals surface area contributed by atoms with E-state index in [1.54, 1.807) is 11.0 Å². The zero-order chi connectivity index (χ0) is 32.2. The van der Waals surface area contributed by atoms with Crippen LogP contribution in [0, 0.1) is 24.7 Å². The third-order valence-electron chi connectivity index (χ3n) is 9.63. The minimum atomic E-state index is -0.947. The lowest BCUT2D eigenvalue weighted by molar-refractivity contribution is -0.136. The zero-order valence-electron chi connectivity index (χ0n) is 26.3. The Bertz CT molecular complexity index is 1760. The molecule has 0 radical (unpaired) electrons. The fourth-order valence-corrected chi connectivity index (χ4v) is 6.87. The van der Waals surface area contributed by atoms with E-state index < -0.39 is 23.8 Å². The van der Waals surface area contributed by atoms with Crippen molar-refractivity contribution in [2.45, 2.75) is 51.6 Å². The third kappa shape index (κ3) is 6.38. The Balaban J connectivity index is 1.38. The van der Waals surface area contributed by atoms with Gasteiger partial charge in [0.1, 0.15) is 6.04 Å². The number of hydrogen-bond acceptors (Lipinski definition) is 3. The van der Waals surface area contributed by atoms with Gasteiger partial charge in [-0.15, -0.1) is 6.58 Å². The van der Waals surface area contributed by atoms with E-state index in [-0.39, 0.29) is 11.8 Å². The first-order valence-corrected chi connectivity index (χ1v) is 16.2. The summed E-state index contributed by atoms with van der Waals surface area (Å²) in [5.74, 6) is -2.04. The highest BCUT2D eigenvalue weighted by molar-refractivity contribution is 6.06. The van der Waals surface area contributed by atoms with Crippen molar-refractivity contribution < 1.29 is 14.4 Å². The van der Waals surface area contributed by atoms with Crippen molar-refractivity contribution >= 4 is 23.4 Å². The second-order valence-electron chi connectivity index (χ2n) is 12.7. The Labute approximate surface area is 271 Å². The van der Waals surface area contributed by atoms with E-state index in [2.05, 4.69) is 55.2 Å². The number of carbonyl (C=O) groups excluding carboxylic acids is 3. The lowest BCUT2D eigenvalue weighted by Gasteiger charge is -2.33. The standard InChI is InChI=1S/C40H41N3O3/c1-3-10-34(38(41)44)35(24-27-11-8-12-27)39(45)42-37-33-17-5-4-15-31(33)32-16-6-7-18-36(32)43(40(37)46)25-28-13-9-14-30(23-28)29-21-19-26(2)20-22-29/h3-7,9,13-23,27,34-35,37H,1,8,10-12,24-25H2,2H3,(H2,41,44)(H,42,45)/t34-,35+,37?/m0/s1. The van der Waals surface area contributed by atoms with Crippen molar-refractivity contribution in [3.63, 3.8) is 0 Å². The number of benzene rings is 4. The molecule has 1 fully saturated rings. The fourth-order valence-electron chi connectivity index (χ4n) is 6.87. The molecule has 6 heteroatoms. The quantitative estimate of drug-likeness (QED) is 0.172. The Kier molecular flexibility index (Phi) is 9.16. The second-order valence-corrected chi connectivity index (χ2v) is 12.7. The maximum atomic E-state index is 14.7. The lowest BCUT2D eigenvalue weighted by atomic mass is 9.74. The number of amides is 3. The maximum Gasteiger partial charge on any atom is 0.254 e. The number of hydrogen-bond donors (Lipinski definition) is 2. The molecule has 1 saturated carbocycles. The van der Waals surface area contributed by atoms with Gasteiger partial charge >= 0.3 is 0 Å². The Morgan fingerprint density at radius 1 is 0.913 bits per heavy atom. The Hall–Kier alpha value is -4.97. The summed E-state index contributed by atoms with van der Waals surface area (Å²) in [7, 11) is 0. The third-order valence-corrected chi connectivity index (χ3v) is 9.63. The van der Waals surface area contributed by atoms with Crippen LogP contribution in [0.4, 0.5) is 5.69 Å². The number of anilines is 1. The number of fused-ring (bicyclic) bond motifs is 3. The van der Waals surface area contributed by atoms with Crippen molar-refractivity contribution in [2.75, 3.05) is 4.90 Å². The minimum Gasteiger partial charge on any atom is -0.369 e. The number of para-hydroxylation sites is 1. The first kappa shape index (κ1) is 31.0. The van der Waals surface area contributed by atoms with Crippen molar-refractivity contribution in [1.82, 2.24) is 5.32 Å². The Morgan fingerprint density at radius 3 is 2.33 bits per heavy atom. The minimum absolute atomic E-state index is 0.228. The smallest absolute Gasteiger partial charge is 0.254 e. The van der Waals surface area contributed by atoms with Crippen LogP contribution in [0.1, 0.15) is 54.8 Å². The van der Waals surface area contributed by atoms with Crippen molar-refractivity contribution in [1.29, 1.82) is 0 Å². The molecule has 3 atom stereocenters. The molecule has 6 nitrogen and oxygen atoms in total.